The van der Waals surface area contributed by atoms with Gasteiger partial charge in [-0.25, -0.2) is 9.97 Å². The number of hydrogen-bond acceptors (Lipinski definition) is 5. The van der Waals surface area contributed by atoms with Gasteiger partial charge in [-0.2, -0.15) is 4.52 Å². The Balaban J connectivity index is 1.87. The number of H-pyrrole nitrogens is 1. The molecule has 0 unspecified atom stereocenters. The lowest BCUT2D eigenvalue weighted by molar-refractivity contribution is 0.171. The van der Waals surface area contributed by atoms with Crippen LogP contribution in [-0.2, 0) is 6.54 Å². The summed E-state index contributed by atoms with van der Waals surface area (Å²) in [5, 5.41) is 5.94. The second kappa shape index (κ2) is 3.94. The predicted molar refractivity (Wildman–Crippen MR) is 61.7 cm³/mol. The molecule has 3 rings (SSSR count). The quantitative estimate of drug-likeness (QED) is 0.699. The standard InChI is InChI=1S/C10H14N6O/c1-15(8-3-11-4-8)5-7-2-9(17)16-10(14-7)12-6-13-16/h2,6,8,11H,3-5H2,1H3,(H,12,13,14). The van der Waals surface area contributed by atoms with Crippen molar-refractivity contribution in [3.63, 3.8) is 0 Å². The van der Waals surface area contributed by atoms with Gasteiger partial charge in [0.05, 0.1) is 5.69 Å². The molecule has 2 N–H and O–H groups in total. The first-order valence-electron chi connectivity index (χ1n) is 5.57. The molecule has 2 aromatic heterocycles. The summed E-state index contributed by atoms with van der Waals surface area (Å²) in [4.78, 5) is 22.2. The molecule has 0 amide bonds. The average Bonchev–Trinajstić information content (AvgIpc) is 2.62. The predicted octanol–water partition coefficient (Wildman–Crippen LogP) is -1.18. The minimum absolute atomic E-state index is 0.123. The lowest BCUT2D eigenvalue weighted by Crippen LogP contribution is -2.55. The summed E-state index contributed by atoms with van der Waals surface area (Å²) in [5.41, 5.74) is 0.638. The average molecular weight is 234 g/mol. The van der Waals surface area contributed by atoms with Crippen molar-refractivity contribution in [1.82, 2.24) is 29.8 Å². The Labute approximate surface area is 97.5 Å². The molecule has 1 aliphatic heterocycles. The highest BCUT2D eigenvalue weighted by Crippen LogP contribution is 2.06. The molecule has 1 saturated heterocycles. The fourth-order valence-electron chi connectivity index (χ4n) is 1.92. The summed E-state index contributed by atoms with van der Waals surface area (Å²) in [7, 11) is 2.04. The van der Waals surface area contributed by atoms with E-state index in [0.717, 1.165) is 18.8 Å². The van der Waals surface area contributed by atoms with Crippen LogP contribution in [0.4, 0.5) is 0 Å². The Kier molecular flexibility index (Phi) is 2.41. The molecular formula is C10H14N6O. The summed E-state index contributed by atoms with van der Waals surface area (Å²) in [6.45, 7) is 2.67. The van der Waals surface area contributed by atoms with Crippen LogP contribution < -0.4 is 10.9 Å². The van der Waals surface area contributed by atoms with Gasteiger partial charge >= 0.3 is 0 Å². The van der Waals surface area contributed by atoms with Gasteiger partial charge in [0.25, 0.3) is 11.3 Å². The molecule has 0 aliphatic carbocycles. The van der Waals surface area contributed by atoms with E-state index in [1.807, 2.05) is 7.05 Å². The van der Waals surface area contributed by atoms with Crippen LogP contribution in [0.25, 0.3) is 5.78 Å². The van der Waals surface area contributed by atoms with Crippen molar-refractivity contribution < 1.29 is 0 Å². The summed E-state index contributed by atoms with van der Waals surface area (Å²) in [6, 6.07) is 2.09. The smallest absolute Gasteiger partial charge is 0.274 e. The molecule has 3 heterocycles. The molecule has 0 atom stereocenters. The van der Waals surface area contributed by atoms with Gasteiger partial charge in [-0.3, -0.25) is 14.8 Å². The molecule has 7 nitrogen and oxygen atoms in total. The van der Waals surface area contributed by atoms with Crippen LogP contribution in [0.3, 0.4) is 0 Å². The fraction of sp³-hybridized carbons (Fsp3) is 0.500. The molecule has 0 aromatic carbocycles. The molecule has 1 aliphatic rings. The number of nitrogens with zero attached hydrogens (tertiary/aromatic N) is 4. The van der Waals surface area contributed by atoms with Crippen LogP contribution in [0.2, 0.25) is 0 Å². The van der Waals surface area contributed by atoms with E-state index in [4.69, 9.17) is 0 Å². The maximum atomic E-state index is 11.7. The van der Waals surface area contributed by atoms with Crippen LogP contribution in [0.15, 0.2) is 17.2 Å². The largest absolute Gasteiger partial charge is 0.314 e. The van der Waals surface area contributed by atoms with Crippen LogP contribution in [0.1, 0.15) is 5.69 Å². The third-order valence-corrected chi connectivity index (χ3v) is 3.12. The van der Waals surface area contributed by atoms with Gasteiger partial charge in [0, 0.05) is 31.7 Å². The molecule has 17 heavy (non-hydrogen) atoms. The number of rotatable bonds is 3. The molecule has 0 bridgehead atoms. The summed E-state index contributed by atoms with van der Waals surface area (Å²) in [5.74, 6) is 0.424. The maximum absolute atomic E-state index is 11.7. The van der Waals surface area contributed by atoms with Crippen molar-refractivity contribution in [2.24, 2.45) is 0 Å². The Morgan fingerprint density at radius 1 is 1.59 bits per heavy atom. The second-order valence-electron chi connectivity index (χ2n) is 4.34. The van der Waals surface area contributed by atoms with Gasteiger partial charge in [0.15, 0.2) is 0 Å². The number of hydrogen-bond donors (Lipinski definition) is 2. The first-order chi connectivity index (χ1) is 8.24. The lowest BCUT2D eigenvalue weighted by atomic mass is 10.1. The lowest BCUT2D eigenvalue weighted by Gasteiger charge is -2.35. The van der Waals surface area contributed by atoms with Gasteiger partial charge in [0.1, 0.15) is 6.33 Å². The first-order valence-corrected chi connectivity index (χ1v) is 5.57. The minimum atomic E-state index is -0.123. The van der Waals surface area contributed by atoms with Crippen LogP contribution >= 0.6 is 0 Å². The highest BCUT2D eigenvalue weighted by atomic mass is 16.1. The molecule has 90 valence electrons. The summed E-state index contributed by atoms with van der Waals surface area (Å²) >= 11 is 0. The number of fused-ring (bicyclic) bond motifs is 1. The van der Waals surface area contributed by atoms with Crippen molar-refractivity contribution in [1.29, 1.82) is 0 Å². The third kappa shape index (κ3) is 1.83. The molecule has 2 aromatic rings. The molecule has 0 radical (unpaired) electrons. The van der Waals surface area contributed by atoms with Gasteiger partial charge in [-0.15, -0.1) is 0 Å². The van der Waals surface area contributed by atoms with E-state index in [-0.39, 0.29) is 5.56 Å². The van der Waals surface area contributed by atoms with Gasteiger partial charge in [0.2, 0.25) is 0 Å². The van der Waals surface area contributed by atoms with Crippen molar-refractivity contribution in [2.45, 2.75) is 12.6 Å². The Bertz CT molecular complexity index is 584. The van der Waals surface area contributed by atoms with Crippen LogP contribution in [0.5, 0.6) is 0 Å². The second-order valence-corrected chi connectivity index (χ2v) is 4.34. The number of aromatic nitrogens is 4. The Hall–Kier alpha value is -1.73. The number of aromatic amines is 1. The zero-order valence-electron chi connectivity index (χ0n) is 9.55. The van der Waals surface area contributed by atoms with E-state index < -0.39 is 0 Å². The highest BCUT2D eigenvalue weighted by molar-refractivity contribution is 5.25. The van der Waals surface area contributed by atoms with E-state index in [1.54, 1.807) is 6.07 Å². The summed E-state index contributed by atoms with van der Waals surface area (Å²) < 4.78 is 1.33. The SMILES string of the molecule is CN(Cc1cc(=O)n2[nH]cnc2n1)C1CNC1. The minimum Gasteiger partial charge on any atom is -0.314 e. The van der Waals surface area contributed by atoms with E-state index >= 15 is 0 Å². The van der Waals surface area contributed by atoms with E-state index in [1.165, 1.54) is 10.8 Å². The van der Waals surface area contributed by atoms with Crippen molar-refractivity contribution in [3.05, 3.63) is 28.4 Å². The topological polar surface area (TPSA) is 78.3 Å². The van der Waals surface area contributed by atoms with Gasteiger partial charge in [-0.1, -0.05) is 0 Å². The Morgan fingerprint density at radius 2 is 2.41 bits per heavy atom. The summed E-state index contributed by atoms with van der Waals surface area (Å²) in [6.07, 6.45) is 1.47. The number of likely N-dealkylation sites (N-methyl/N-ethyl adjacent to an activating group) is 1. The monoisotopic (exact) mass is 234 g/mol. The van der Waals surface area contributed by atoms with Crippen LogP contribution in [-0.4, -0.2) is 50.7 Å². The van der Waals surface area contributed by atoms with E-state index in [9.17, 15) is 4.79 Å². The molecule has 0 spiro atoms. The zero-order valence-corrected chi connectivity index (χ0v) is 9.55. The molecular weight excluding hydrogens is 220 g/mol. The van der Waals surface area contributed by atoms with Crippen molar-refractivity contribution >= 4 is 5.78 Å². The molecule has 7 heteroatoms. The highest BCUT2D eigenvalue weighted by Gasteiger charge is 2.21. The molecule has 1 fully saturated rings. The fourth-order valence-corrected chi connectivity index (χ4v) is 1.92. The van der Waals surface area contributed by atoms with Gasteiger partial charge < -0.3 is 5.32 Å². The Morgan fingerprint density at radius 3 is 3.12 bits per heavy atom. The maximum Gasteiger partial charge on any atom is 0.274 e. The molecule has 0 saturated carbocycles. The van der Waals surface area contributed by atoms with Crippen molar-refractivity contribution in [2.75, 3.05) is 20.1 Å². The van der Waals surface area contributed by atoms with E-state index in [0.29, 0.717) is 18.4 Å². The first kappa shape index (κ1) is 10.4. The van der Waals surface area contributed by atoms with Crippen molar-refractivity contribution in [3.8, 4) is 0 Å². The van der Waals surface area contributed by atoms with Gasteiger partial charge in [-0.05, 0) is 7.05 Å². The normalized spacial score (nSPS) is 16.6. The van der Waals surface area contributed by atoms with Crippen LogP contribution in [0, 0.1) is 0 Å². The third-order valence-electron chi connectivity index (χ3n) is 3.12. The number of nitrogens with one attached hydrogen (secondary N) is 2. The zero-order chi connectivity index (χ0) is 11.8. The van der Waals surface area contributed by atoms with E-state index in [2.05, 4.69) is 25.3 Å².